The minimum absolute atomic E-state index is 0.319. The van der Waals surface area contributed by atoms with Crippen molar-refractivity contribution in [2.75, 3.05) is 17.2 Å². The van der Waals surface area contributed by atoms with Crippen molar-refractivity contribution in [3.05, 3.63) is 12.0 Å². The van der Waals surface area contributed by atoms with E-state index >= 15 is 0 Å². The van der Waals surface area contributed by atoms with Gasteiger partial charge < -0.3 is 10.6 Å². The van der Waals surface area contributed by atoms with Crippen molar-refractivity contribution in [1.29, 1.82) is 0 Å². The summed E-state index contributed by atoms with van der Waals surface area (Å²) in [4.78, 5) is 8.06. The third kappa shape index (κ3) is 3.05. The van der Waals surface area contributed by atoms with Crippen LogP contribution in [0.15, 0.2) is 6.20 Å². The van der Waals surface area contributed by atoms with E-state index in [1.165, 1.54) is 6.20 Å². The smallest absolute Gasteiger partial charge is 0.224 e. The van der Waals surface area contributed by atoms with Crippen molar-refractivity contribution in [2.45, 2.75) is 39.2 Å². The average Bonchev–Trinajstić information content (AvgIpc) is 3.08. The molecular formula is C12H19FN4. The summed E-state index contributed by atoms with van der Waals surface area (Å²) < 4.78 is 13.5. The SMILES string of the molecule is CCCNc1ncc(F)c(NC2CC2CC)n1. The number of nitrogens with one attached hydrogen (secondary N) is 2. The van der Waals surface area contributed by atoms with Gasteiger partial charge in [0, 0.05) is 12.6 Å². The van der Waals surface area contributed by atoms with Crippen LogP contribution in [0, 0.1) is 11.7 Å². The number of rotatable bonds is 6. The van der Waals surface area contributed by atoms with E-state index in [1.54, 1.807) is 0 Å². The molecule has 0 radical (unpaired) electrons. The van der Waals surface area contributed by atoms with Gasteiger partial charge >= 0.3 is 0 Å². The van der Waals surface area contributed by atoms with Crippen molar-refractivity contribution in [2.24, 2.45) is 5.92 Å². The van der Waals surface area contributed by atoms with Crippen LogP contribution in [-0.2, 0) is 0 Å². The molecule has 94 valence electrons. The number of nitrogens with zero attached hydrogens (tertiary/aromatic N) is 2. The summed E-state index contributed by atoms with van der Waals surface area (Å²) in [6, 6.07) is 0.378. The third-order valence-corrected chi connectivity index (χ3v) is 3.05. The van der Waals surface area contributed by atoms with Crippen LogP contribution in [0.25, 0.3) is 0 Å². The highest BCUT2D eigenvalue weighted by Gasteiger charge is 2.36. The van der Waals surface area contributed by atoms with E-state index in [1.807, 2.05) is 0 Å². The Balaban J connectivity index is 1.99. The third-order valence-electron chi connectivity index (χ3n) is 3.05. The van der Waals surface area contributed by atoms with E-state index in [2.05, 4.69) is 34.4 Å². The van der Waals surface area contributed by atoms with Crippen LogP contribution < -0.4 is 10.6 Å². The minimum Gasteiger partial charge on any atom is -0.364 e. The maximum Gasteiger partial charge on any atom is 0.224 e. The molecule has 1 heterocycles. The fourth-order valence-corrected chi connectivity index (χ4v) is 1.84. The zero-order valence-corrected chi connectivity index (χ0v) is 10.3. The lowest BCUT2D eigenvalue weighted by Crippen LogP contribution is -2.11. The molecule has 17 heavy (non-hydrogen) atoms. The summed E-state index contributed by atoms with van der Waals surface area (Å²) in [7, 11) is 0. The first kappa shape index (κ1) is 12.1. The van der Waals surface area contributed by atoms with E-state index in [4.69, 9.17) is 0 Å². The zero-order chi connectivity index (χ0) is 12.3. The highest BCUT2D eigenvalue weighted by atomic mass is 19.1. The fraction of sp³-hybridized carbons (Fsp3) is 0.667. The predicted octanol–water partition coefficient (Wildman–Crippen LogP) is 2.65. The first-order valence-corrected chi connectivity index (χ1v) is 6.27. The number of hydrogen-bond acceptors (Lipinski definition) is 4. The Morgan fingerprint density at radius 1 is 1.47 bits per heavy atom. The summed E-state index contributed by atoms with van der Waals surface area (Å²) in [6.45, 7) is 5.01. The van der Waals surface area contributed by atoms with Crippen LogP contribution in [-0.4, -0.2) is 22.6 Å². The Morgan fingerprint density at radius 3 is 2.94 bits per heavy atom. The molecule has 5 heteroatoms. The molecule has 2 rings (SSSR count). The molecule has 1 aliphatic rings. The van der Waals surface area contributed by atoms with Crippen LogP contribution >= 0.6 is 0 Å². The molecule has 0 spiro atoms. The van der Waals surface area contributed by atoms with Gasteiger partial charge in [-0.2, -0.15) is 4.98 Å². The highest BCUT2D eigenvalue weighted by molar-refractivity contribution is 5.43. The van der Waals surface area contributed by atoms with Crippen LogP contribution in [0.2, 0.25) is 0 Å². The van der Waals surface area contributed by atoms with Gasteiger partial charge in [0.2, 0.25) is 5.95 Å². The van der Waals surface area contributed by atoms with E-state index in [0.717, 1.165) is 25.8 Å². The molecule has 1 aromatic heterocycles. The largest absolute Gasteiger partial charge is 0.364 e. The molecule has 1 saturated carbocycles. The van der Waals surface area contributed by atoms with Crippen LogP contribution in [0.1, 0.15) is 33.1 Å². The Labute approximate surface area is 101 Å². The van der Waals surface area contributed by atoms with E-state index in [0.29, 0.717) is 23.7 Å². The molecule has 0 amide bonds. The van der Waals surface area contributed by atoms with Crippen LogP contribution in [0.3, 0.4) is 0 Å². The molecule has 0 bridgehead atoms. The molecule has 2 N–H and O–H groups in total. The second kappa shape index (κ2) is 5.29. The molecule has 0 saturated heterocycles. The van der Waals surface area contributed by atoms with Crippen molar-refractivity contribution >= 4 is 11.8 Å². The standard InChI is InChI=1S/C12H19FN4/c1-3-5-14-12-15-7-9(13)11(17-12)16-10-6-8(10)4-2/h7-8,10H,3-6H2,1-2H3,(H2,14,15,16,17). The summed E-state index contributed by atoms with van der Waals surface area (Å²) in [5, 5.41) is 6.19. The molecule has 4 nitrogen and oxygen atoms in total. The lowest BCUT2D eigenvalue weighted by Gasteiger charge is -2.08. The van der Waals surface area contributed by atoms with Crippen LogP contribution in [0.5, 0.6) is 0 Å². The zero-order valence-electron chi connectivity index (χ0n) is 10.3. The Kier molecular flexibility index (Phi) is 3.76. The molecule has 2 unspecified atom stereocenters. The first-order valence-electron chi connectivity index (χ1n) is 6.27. The van der Waals surface area contributed by atoms with Gasteiger partial charge in [-0.05, 0) is 18.8 Å². The van der Waals surface area contributed by atoms with Crippen molar-refractivity contribution in [3.63, 3.8) is 0 Å². The van der Waals surface area contributed by atoms with Gasteiger partial charge in [-0.3, -0.25) is 0 Å². The van der Waals surface area contributed by atoms with Crippen LogP contribution in [0.4, 0.5) is 16.2 Å². The van der Waals surface area contributed by atoms with Gasteiger partial charge in [0.1, 0.15) is 0 Å². The number of halogens is 1. The number of anilines is 2. The van der Waals surface area contributed by atoms with Crippen molar-refractivity contribution in [1.82, 2.24) is 9.97 Å². The predicted molar refractivity (Wildman–Crippen MR) is 66.6 cm³/mol. The van der Waals surface area contributed by atoms with E-state index in [9.17, 15) is 4.39 Å². The Morgan fingerprint density at radius 2 is 2.29 bits per heavy atom. The second-order valence-corrected chi connectivity index (χ2v) is 4.47. The molecular weight excluding hydrogens is 219 g/mol. The molecule has 1 aliphatic carbocycles. The monoisotopic (exact) mass is 238 g/mol. The van der Waals surface area contributed by atoms with Gasteiger partial charge in [0.25, 0.3) is 0 Å². The Hall–Kier alpha value is -1.39. The van der Waals surface area contributed by atoms with Crippen molar-refractivity contribution < 1.29 is 4.39 Å². The molecule has 0 aromatic carbocycles. The van der Waals surface area contributed by atoms with Gasteiger partial charge in [0.05, 0.1) is 6.20 Å². The summed E-state index contributed by atoms with van der Waals surface area (Å²) in [5.74, 6) is 1.09. The normalized spacial score (nSPS) is 22.3. The summed E-state index contributed by atoms with van der Waals surface area (Å²) in [5.41, 5.74) is 0. The maximum atomic E-state index is 13.5. The minimum atomic E-state index is -0.381. The number of aromatic nitrogens is 2. The molecule has 1 fully saturated rings. The molecule has 1 aromatic rings. The maximum absolute atomic E-state index is 13.5. The van der Waals surface area contributed by atoms with Gasteiger partial charge in [-0.1, -0.05) is 20.3 Å². The van der Waals surface area contributed by atoms with E-state index < -0.39 is 0 Å². The van der Waals surface area contributed by atoms with Gasteiger partial charge in [-0.15, -0.1) is 0 Å². The lowest BCUT2D eigenvalue weighted by atomic mass is 10.3. The van der Waals surface area contributed by atoms with Gasteiger partial charge in [-0.25, -0.2) is 9.37 Å². The summed E-state index contributed by atoms with van der Waals surface area (Å²) in [6.07, 6.45) is 4.45. The van der Waals surface area contributed by atoms with E-state index in [-0.39, 0.29) is 5.82 Å². The number of hydrogen-bond donors (Lipinski definition) is 2. The highest BCUT2D eigenvalue weighted by Crippen LogP contribution is 2.36. The lowest BCUT2D eigenvalue weighted by molar-refractivity contribution is 0.615. The topological polar surface area (TPSA) is 49.8 Å². The first-order chi connectivity index (χ1) is 8.24. The molecule has 2 atom stereocenters. The van der Waals surface area contributed by atoms with Gasteiger partial charge in [0.15, 0.2) is 11.6 Å². The summed E-state index contributed by atoms with van der Waals surface area (Å²) >= 11 is 0. The fourth-order valence-electron chi connectivity index (χ4n) is 1.84. The second-order valence-electron chi connectivity index (χ2n) is 4.47. The average molecular weight is 238 g/mol. The molecule has 0 aliphatic heterocycles. The van der Waals surface area contributed by atoms with Crippen molar-refractivity contribution in [3.8, 4) is 0 Å². The quantitative estimate of drug-likeness (QED) is 0.800. The Bertz CT molecular complexity index is 383.